The summed E-state index contributed by atoms with van der Waals surface area (Å²) in [6.07, 6.45) is 0. The molecule has 7 heteroatoms. The van der Waals surface area contributed by atoms with E-state index in [0.29, 0.717) is 23.6 Å². The van der Waals surface area contributed by atoms with E-state index in [4.69, 9.17) is 4.74 Å². The van der Waals surface area contributed by atoms with Crippen LogP contribution < -0.4 is 10.1 Å². The zero-order valence-corrected chi connectivity index (χ0v) is 17.0. The van der Waals surface area contributed by atoms with E-state index in [1.54, 1.807) is 36.4 Å². The zero-order chi connectivity index (χ0) is 20.0. The van der Waals surface area contributed by atoms with Crippen LogP contribution in [0.15, 0.2) is 72.1 Å². The summed E-state index contributed by atoms with van der Waals surface area (Å²) in [5, 5.41) is 3.44. The van der Waals surface area contributed by atoms with Crippen molar-refractivity contribution in [1.82, 2.24) is 5.32 Å². The minimum Gasteiger partial charge on any atom is -0.457 e. The van der Waals surface area contributed by atoms with Gasteiger partial charge in [0.15, 0.2) is 9.84 Å². The number of hydrogen-bond donors (Lipinski definition) is 1. The topological polar surface area (TPSA) is 72.5 Å². The quantitative estimate of drug-likeness (QED) is 0.600. The highest BCUT2D eigenvalue weighted by atomic mass is 32.2. The van der Waals surface area contributed by atoms with Gasteiger partial charge >= 0.3 is 0 Å². The lowest BCUT2D eigenvalue weighted by Crippen LogP contribution is -2.38. The summed E-state index contributed by atoms with van der Waals surface area (Å²) in [5.41, 5.74) is 0.518. The first kappa shape index (κ1) is 20.1. The monoisotopic (exact) mass is 415 g/mol. The van der Waals surface area contributed by atoms with Crippen molar-refractivity contribution in [2.45, 2.75) is 24.5 Å². The molecule has 0 aliphatic carbocycles. The average Bonchev–Trinajstić information content (AvgIpc) is 3.21. The smallest absolute Gasteiger partial charge is 0.238 e. The van der Waals surface area contributed by atoms with Gasteiger partial charge in [-0.05, 0) is 36.6 Å². The van der Waals surface area contributed by atoms with Crippen LogP contribution in [0, 0.1) is 0 Å². The zero-order valence-electron chi connectivity index (χ0n) is 15.4. The highest BCUT2D eigenvalue weighted by Gasteiger charge is 2.29. The number of ether oxygens (including phenoxy) is 1. The number of benzene rings is 2. The fraction of sp³-hybridized carbons (Fsp3) is 0.190. The predicted octanol–water partition coefficient (Wildman–Crippen LogP) is 4.16. The highest BCUT2D eigenvalue weighted by Crippen LogP contribution is 2.27. The molecule has 0 saturated heterocycles. The second kappa shape index (κ2) is 9.03. The van der Waals surface area contributed by atoms with Crippen LogP contribution in [-0.2, 0) is 26.9 Å². The van der Waals surface area contributed by atoms with E-state index >= 15 is 0 Å². The normalized spacial score (nSPS) is 12.3. The number of nitrogens with one attached hydrogen (secondary N) is 1. The highest BCUT2D eigenvalue weighted by molar-refractivity contribution is 7.92. The van der Waals surface area contributed by atoms with Gasteiger partial charge in [-0.25, -0.2) is 8.42 Å². The minimum atomic E-state index is -3.71. The number of rotatable bonds is 8. The summed E-state index contributed by atoms with van der Waals surface area (Å²) >= 11 is 1.51. The van der Waals surface area contributed by atoms with Crippen LogP contribution >= 0.6 is 11.3 Å². The van der Waals surface area contributed by atoms with Gasteiger partial charge in [0.1, 0.15) is 16.7 Å². The van der Waals surface area contributed by atoms with E-state index in [-0.39, 0.29) is 5.75 Å². The Morgan fingerprint density at radius 2 is 1.75 bits per heavy atom. The molecule has 1 amide bonds. The molecule has 2 aromatic carbocycles. The summed E-state index contributed by atoms with van der Waals surface area (Å²) in [5.74, 6) is 0.302. The van der Waals surface area contributed by atoms with Crippen molar-refractivity contribution >= 4 is 27.1 Å². The second-order valence-electron chi connectivity index (χ2n) is 6.27. The Morgan fingerprint density at radius 3 is 2.46 bits per heavy atom. The predicted molar refractivity (Wildman–Crippen MR) is 111 cm³/mol. The van der Waals surface area contributed by atoms with E-state index in [0.717, 1.165) is 4.88 Å². The molecule has 0 fully saturated rings. The van der Waals surface area contributed by atoms with Gasteiger partial charge in [0.05, 0.1) is 12.3 Å². The molecule has 1 heterocycles. The lowest BCUT2D eigenvalue weighted by Gasteiger charge is -2.15. The lowest BCUT2D eigenvalue weighted by molar-refractivity contribution is -0.120. The maximum absolute atomic E-state index is 12.8. The lowest BCUT2D eigenvalue weighted by atomic mass is 10.2. The number of amides is 1. The Hall–Kier alpha value is -2.64. The number of hydrogen-bond acceptors (Lipinski definition) is 5. The molecule has 0 bridgehead atoms. The molecule has 3 rings (SSSR count). The number of carbonyl (C=O) groups excluding carboxylic acids is 1. The summed E-state index contributed by atoms with van der Waals surface area (Å²) in [6, 6.07) is 19.9. The first-order valence-corrected chi connectivity index (χ1v) is 11.4. The molecule has 1 unspecified atom stereocenters. The van der Waals surface area contributed by atoms with Crippen molar-refractivity contribution in [2.24, 2.45) is 0 Å². The van der Waals surface area contributed by atoms with Gasteiger partial charge in [0, 0.05) is 10.4 Å². The van der Waals surface area contributed by atoms with Crippen molar-refractivity contribution in [2.75, 3.05) is 0 Å². The first-order valence-electron chi connectivity index (χ1n) is 8.78. The van der Waals surface area contributed by atoms with Gasteiger partial charge in [-0.15, -0.1) is 11.3 Å². The van der Waals surface area contributed by atoms with Gasteiger partial charge in [0.2, 0.25) is 5.91 Å². The Kier molecular flexibility index (Phi) is 6.49. The molecule has 5 nitrogen and oxygen atoms in total. The Bertz CT molecular complexity index is 1020. The molecule has 146 valence electrons. The second-order valence-corrected chi connectivity index (χ2v) is 9.62. The molecule has 1 aromatic heterocycles. The van der Waals surface area contributed by atoms with Crippen LogP contribution in [0.5, 0.6) is 11.5 Å². The molecule has 3 aromatic rings. The van der Waals surface area contributed by atoms with Crippen molar-refractivity contribution in [3.05, 3.63) is 82.6 Å². The Balaban J connectivity index is 1.70. The molecular weight excluding hydrogens is 394 g/mol. The molecule has 0 aliphatic heterocycles. The van der Waals surface area contributed by atoms with E-state index in [1.165, 1.54) is 18.3 Å². The Morgan fingerprint density at radius 1 is 1.04 bits per heavy atom. The van der Waals surface area contributed by atoms with E-state index in [1.807, 2.05) is 35.7 Å². The average molecular weight is 416 g/mol. The summed E-state index contributed by atoms with van der Waals surface area (Å²) in [7, 11) is -3.71. The summed E-state index contributed by atoms with van der Waals surface area (Å²) in [6.45, 7) is 1.74. The molecule has 0 radical (unpaired) electrons. The van der Waals surface area contributed by atoms with Crippen LogP contribution in [0.3, 0.4) is 0 Å². The van der Waals surface area contributed by atoms with Crippen molar-refractivity contribution in [3.63, 3.8) is 0 Å². The van der Waals surface area contributed by atoms with Crippen LogP contribution in [0.25, 0.3) is 0 Å². The summed E-state index contributed by atoms with van der Waals surface area (Å²) in [4.78, 5) is 13.3. The molecule has 0 saturated carbocycles. The van der Waals surface area contributed by atoms with Crippen LogP contribution in [-0.4, -0.2) is 19.6 Å². The van der Waals surface area contributed by atoms with Crippen molar-refractivity contribution < 1.29 is 17.9 Å². The maximum atomic E-state index is 12.8. The SMILES string of the molecule is CC(C(=O)NCc1cccs1)S(=O)(=O)Cc1ccccc1Oc1ccccc1. The maximum Gasteiger partial charge on any atom is 0.238 e. The van der Waals surface area contributed by atoms with Gasteiger partial charge in [-0.1, -0.05) is 42.5 Å². The molecule has 28 heavy (non-hydrogen) atoms. The first-order chi connectivity index (χ1) is 13.5. The molecule has 1 atom stereocenters. The van der Waals surface area contributed by atoms with Crippen LogP contribution in [0.4, 0.5) is 0 Å². The van der Waals surface area contributed by atoms with Crippen molar-refractivity contribution in [1.29, 1.82) is 0 Å². The van der Waals surface area contributed by atoms with Gasteiger partial charge in [-0.2, -0.15) is 0 Å². The standard InChI is InChI=1S/C21H21NO4S2/c1-16(21(23)22-14-19-11-7-13-27-19)28(24,25)15-17-8-5-6-12-20(17)26-18-9-3-2-4-10-18/h2-13,16H,14-15H2,1H3,(H,22,23). The third-order valence-corrected chi connectivity index (χ3v) is 7.11. The fourth-order valence-electron chi connectivity index (χ4n) is 2.57. The third kappa shape index (κ3) is 5.21. The molecule has 0 aliphatic rings. The number of carbonyl (C=O) groups is 1. The van der Waals surface area contributed by atoms with Crippen LogP contribution in [0.1, 0.15) is 17.4 Å². The third-order valence-electron chi connectivity index (χ3n) is 4.23. The van der Waals surface area contributed by atoms with Crippen molar-refractivity contribution in [3.8, 4) is 11.5 Å². The van der Waals surface area contributed by atoms with Gasteiger partial charge in [-0.3, -0.25) is 4.79 Å². The number of thiophene rings is 1. The van der Waals surface area contributed by atoms with Gasteiger partial charge < -0.3 is 10.1 Å². The molecular formula is C21H21NO4S2. The fourth-order valence-corrected chi connectivity index (χ4v) is 4.55. The van der Waals surface area contributed by atoms with E-state index < -0.39 is 21.0 Å². The van der Waals surface area contributed by atoms with E-state index in [2.05, 4.69) is 5.32 Å². The number of para-hydroxylation sites is 2. The van der Waals surface area contributed by atoms with Gasteiger partial charge in [0.25, 0.3) is 0 Å². The Labute approximate surface area is 168 Å². The number of sulfone groups is 1. The molecule has 1 N–H and O–H groups in total. The molecule has 0 spiro atoms. The van der Waals surface area contributed by atoms with Crippen LogP contribution in [0.2, 0.25) is 0 Å². The minimum absolute atomic E-state index is 0.274. The largest absolute Gasteiger partial charge is 0.457 e. The summed E-state index contributed by atoms with van der Waals surface area (Å²) < 4.78 is 31.4. The van der Waals surface area contributed by atoms with E-state index in [9.17, 15) is 13.2 Å².